The van der Waals surface area contributed by atoms with Gasteiger partial charge in [0.2, 0.25) is 0 Å². The first-order chi connectivity index (χ1) is 12.1. The van der Waals surface area contributed by atoms with Crippen molar-refractivity contribution < 1.29 is 9.47 Å². The lowest BCUT2D eigenvalue weighted by Crippen LogP contribution is -2.38. The Morgan fingerprint density at radius 1 is 0.960 bits per heavy atom. The molecule has 0 saturated heterocycles. The maximum atomic E-state index is 6.34. The van der Waals surface area contributed by atoms with E-state index >= 15 is 0 Å². The van der Waals surface area contributed by atoms with Gasteiger partial charge in [0.25, 0.3) is 0 Å². The minimum atomic E-state index is -0.0639. The molecule has 0 saturated carbocycles. The summed E-state index contributed by atoms with van der Waals surface area (Å²) in [6.07, 6.45) is -0.0639. The first-order valence-corrected chi connectivity index (χ1v) is 9.22. The van der Waals surface area contributed by atoms with Gasteiger partial charge in [-0.2, -0.15) is 0 Å². The van der Waals surface area contributed by atoms with E-state index in [1.54, 1.807) is 7.11 Å². The van der Waals surface area contributed by atoms with E-state index in [1.165, 1.54) is 0 Å². The van der Waals surface area contributed by atoms with Crippen molar-refractivity contribution in [3.8, 4) is 16.9 Å². The van der Waals surface area contributed by atoms with Crippen molar-refractivity contribution in [1.82, 2.24) is 5.32 Å². The van der Waals surface area contributed by atoms with E-state index in [2.05, 4.69) is 19.2 Å². The van der Waals surface area contributed by atoms with Crippen LogP contribution in [0.15, 0.2) is 48.5 Å². The smallest absolute Gasteiger partial charge is 0.134 e. The molecule has 0 aliphatic carbocycles. The van der Waals surface area contributed by atoms with Crippen molar-refractivity contribution in [3.63, 3.8) is 0 Å². The number of nitrogens with one attached hydrogen (secondary N) is 1. The summed E-state index contributed by atoms with van der Waals surface area (Å²) >= 11 is 6.34. The molecule has 0 amide bonds. The third kappa shape index (κ3) is 7.07. The van der Waals surface area contributed by atoms with Crippen LogP contribution < -0.4 is 10.1 Å². The molecule has 0 spiro atoms. The average Bonchev–Trinajstić information content (AvgIpc) is 2.63. The maximum absolute atomic E-state index is 6.34. The van der Waals surface area contributed by atoms with Crippen LogP contribution in [0, 0.1) is 0 Å². The molecule has 0 fully saturated rings. The molecule has 138 valence electrons. The van der Waals surface area contributed by atoms with Crippen LogP contribution in [-0.4, -0.2) is 32.4 Å². The molecule has 1 unspecified atom stereocenters. The fourth-order valence-electron chi connectivity index (χ4n) is 2.34. The van der Waals surface area contributed by atoms with Gasteiger partial charge in [-0.15, -0.1) is 0 Å². The number of hydrogen-bond acceptors (Lipinski definition) is 3. The third-order valence-electron chi connectivity index (χ3n) is 3.45. The van der Waals surface area contributed by atoms with E-state index in [1.807, 2.05) is 62.4 Å². The molecule has 3 nitrogen and oxygen atoms in total. The van der Waals surface area contributed by atoms with Gasteiger partial charge in [-0.1, -0.05) is 75.7 Å². The molecule has 0 aliphatic rings. The molecule has 0 radical (unpaired) electrons. The average molecular weight is 364 g/mol. The standard InChI is InChI=1S/C19H24ClNO2.C2H6/c1-14(2)21-12-15(13-22-3)23-19-11-7-5-9-17(19)16-8-4-6-10-18(16)20;1-2/h4-11,14-15,21H,12-13H2,1-3H3;1-2H3. The van der Waals surface area contributed by atoms with Crippen molar-refractivity contribution in [1.29, 1.82) is 0 Å². The van der Waals surface area contributed by atoms with E-state index in [9.17, 15) is 0 Å². The minimum Gasteiger partial charge on any atom is -0.486 e. The summed E-state index contributed by atoms with van der Waals surface area (Å²) in [6, 6.07) is 16.1. The Labute approximate surface area is 157 Å². The predicted octanol–water partition coefficient (Wildman–Crippen LogP) is 5.43. The van der Waals surface area contributed by atoms with E-state index in [0.717, 1.165) is 23.4 Å². The van der Waals surface area contributed by atoms with Crippen LogP contribution in [0.1, 0.15) is 27.7 Å². The molecule has 25 heavy (non-hydrogen) atoms. The molecule has 4 heteroatoms. The van der Waals surface area contributed by atoms with Gasteiger partial charge in [0, 0.05) is 35.8 Å². The summed E-state index contributed by atoms with van der Waals surface area (Å²) < 4.78 is 11.5. The molecular weight excluding hydrogens is 334 g/mol. The first kappa shape index (κ1) is 21.5. The van der Waals surface area contributed by atoms with Crippen molar-refractivity contribution in [3.05, 3.63) is 53.6 Å². The van der Waals surface area contributed by atoms with Gasteiger partial charge in [0.15, 0.2) is 0 Å². The zero-order chi connectivity index (χ0) is 18.7. The largest absolute Gasteiger partial charge is 0.486 e. The third-order valence-corrected chi connectivity index (χ3v) is 3.78. The summed E-state index contributed by atoms with van der Waals surface area (Å²) in [5, 5.41) is 4.11. The summed E-state index contributed by atoms with van der Waals surface area (Å²) in [5.41, 5.74) is 1.96. The Hall–Kier alpha value is -1.55. The number of benzene rings is 2. The molecule has 2 aromatic rings. The van der Waals surface area contributed by atoms with E-state index < -0.39 is 0 Å². The number of hydrogen-bond donors (Lipinski definition) is 1. The van der Waals surface area contributed by atoms with Crippen molar-refractivity contribution >= 4 is 11.6 Å². The second kappa shape index (κ2) is 11.9. The Kier molecular flexibility index (Phi) is 10.2. The summed E-state index contributed by atoms with van der Waals surface area (Å²) in [5.74, 6) is 0.813. The van der Waals surface area contributed by atoms with Crippen LogP contribution in [-0.2, 0) is 4.74 Å². The van der Waals surface area contributed by atoms with Gasteiger partial charge in [-0.05, 0) is 12.1 Å². The lowest BCUT2D eigenvalue weighted by molar-refractivity contribution is 0.0798. The topological polar surface area (TPSA) is 30.5 Å². The van der Waals surface area contributed by atoms with E-state index in [4.69, 9.17) is 21.1 Å². The molecule has 0 heterocycles. The van der Waals surface area contributed by atoms with Crippen molar-refractivity contribution in [2.75, 3.05) is 20.3 Å². The fraction of sp³-hybridized carbons (Fsp3) is 0.429. The van der Waals surface area contributed by atoms with E-state index in [-0.39, 0.29) is 6.10 Å². The summed E-state index contributed by atoms with van der Waals surface area (Å²) in [7, 11) is 1.69. The Morgan fingerprint density at radius 2 is 1.56 bits per heavy atom. The van der Waals surface area contributed by atoms with Gasteiger partial charge in [-0.3, -0.25) is 0 Å². The van der Waals surface area contributed by atoms with Gasteiger partial charge in [-0.25, -0.2) is 0 Å². The quantitative estimate of drug-likeness (QED) is 0.678. The van der Waals surface area contributed by atoms with Crippen LogP contribution >= 0.6 is 11.6 Å². The molecule has 2 rings (SSSR count). The van der Waals surface area contributed by atoms with Crippen molar-refractivity contribution in [2.45, 2.75) is 39.8 Å². The highest BCUT2D eigenvalue weighted by atomic mass is 35.5. The van der Waals surface area contributed by atoms with Gasteiger partial charge in [0.05, 0.1) is 6.61 Å². The molecule has 0 aliphatic heterocycles. The highest BCUT2D eigenvalue weighted by Gasteiger charge is 2.15. The number of rotatable bonds is 8. The molecule has 0 bridgehead atoms. The first-order valence-electron chi connectivity index (χ1n) is 8.84. The maximum Gasteiger partial charge on any atom is 0.134 e. The Morgan fingerprint density at radius 3 is 2.16 bits per heavy atom. The normalized spacial score (nSPS) is 11.6. The second-order valence-corrected chi connectivity index (χ2v) is 6.14. The van der Waals surface area contributed by atoms with Crippen LogP contribution in [0.2, 0.25) is 5.02 Å². The lowest BCUT2D eigenvalue weighted by atomic mass is 10.0. The number of halogens is 1. The van der Waals surface area contributed by atoms with Crippen LogP contribution in [0.5, 0.6) is 5.75 Å². The highest BCUT2D eigenvalue weighted by molar-refractivity contribution is 6.33. The Balaban J connectivity index is 0.00000151. The van der Waals surface area contributed by atoms with Crippen LogP contribution in [0.4, 0.5) is 0 Å². The number of methoxy groups -OCH3 is 1. The number of ether oxygens (including phenoxy) is 2. The molecule has 2 aromatic carbocycles. The lowest BCUT2D eigenvalue weighted by Gasteiger charge is -2.22. The Bertz CT molecular complexity index is 616. The predicted molar refractivity (Wildman–Crippen MR) is 108 cm³/mol. The summed E-state index contributed by atoms with van der Waals surface area (Å²) in [4.78, 5) is 0. The molecule has 0 aromatic heterocycles. The molecule has 1 atom stereocenters. The molecular formula is C21H30ClNO2. The second-order valence-electron chi connectivity index (χ2n) is 5.73. The highest BCUT2D eigenvalue weighted by Crippen LogP contribution is 2.34. The van der Waals surface area contributed by atoms with Crippen LogP contribution in [0.3, 0.4) is 0 Å². The van der Waals surface area contributed by atoms with Gasteiger partial charge < -0.3 is 14.8 Å². The minimum absolute atomic E-state index is 0.0639. The van der Waals surface area contributed by atoms with E-state index in [0.29, 0.717) is 17.7 Å². The fourth-order valence-corrected chi connectivity index (χ4v) is 2.58. The zero-order valence-corrected chi connectivity index (χ0v) is 16.6. The monoisotopic (exact) mass is 363 g/mol. The van der Waals surface area contributed by atoms with Crippen molar-refractivity contribution in [2.24, 2.45) is 0 Å². The number of para-hydroxylation sites is 1. The zero-order valence-electron chi connectivity index (χ0n) is 15.9. The van der Waals surface area contributed by atoms with Gasteiger partial charge in [0.1, 0.15) is 11.9 Å². The van der Waals surface area contributed by atoms with Crippen LogP contribution in [0.25, 0.3) is 11.1 Å². The SMILES string of the molecule is CC.COCC(CNC(C)C)Oc1ccccc1-c1ccccc1Cl. The summed E-state index contributed by atoms with van der Waals surface area (Å²) in [6.45, 7) is 9.47. The van der Waals surface area contributed by atoms with Gasteiger partial charge >= 0.3 is 0 Å². The molecule has 1 N–H and O–H groups in total.